The second-order valence-corrected chi connectivity index (χ2v) is 8.27. The number of hydrogen-bond donors (Lipinski definition) is 1. The molecule has 1 aliphatic rings. The molecule has 1 aliphatic heterocycles. The lowest BCUT2D eigenvalue weighted by Crippen LogP contribution is -2.53. The summed E-state index contributed by atoms with van der Waals surface area (Å²) in [4.78, 5) is -0.960. The van der Waals surface area contributed by atoms with Crippen molar-refractivity contribution in [2.45, 2.75) is 37.4 Å². The Kier molecular flexibility index (Phi) is 4.51. The lowest BCUT2D eigenvalue weighted by Gasteiger charge is -2.41. The maximum Gasteiger partial charge on any atom is 0.416 e. The molecule has 1 atom stereocenters. The maximum absolute atomic E-state index is 13.9. The third-order valence-corrected chi connectivity index (χ3v) is 6.01. The summed E-state index contributed by atoms with van der Waals surface area (Å²) in [6.07, 6.45) is -4.39. The fraction of sp³-hybridized carbons (Fsp3) is 0.571. The quantitative estimate of drug-likeness (QED) is 0.831. The Morgan fingerprint density at radius 1 is 1.30 bits per heavy atom. The number of halogens is 4. The van der Waals surface area contributed by atoms with Crippen LogP contribution in [0, 0.1) is 11.2 Å². The van der Waals surface area contributed by atoms with Gasteiger partial charge in [-0.2, -0.15) is 17.5 Å². The van der Waals surface area contributed by atoms with Crippen molar-refractivity contribution >= 4 is 10.0 Å². The van der Waals surface area contributed by atoms with Gasteiger partial charge in [0, 0.05) is 19.1 Å². The van der Waals surface area contributed by atoms with Crippen LogP contribution in [0.2, 0.25) is 0 Å². The van der Waals surface area contributed by atoms with Crippen molar-refractivity contribution in [3.05, 3.63) is 29.6 Å². The Hall–Kier alpha value is -1.19. The Morgan fingerprint density at radius 3 is 2.43 bits per heavy atom. The highest BCUT2D eigenvalue weighted by Gasteiger charge is 2.40. The average Bonchev–Trinajstić information content (AvgIpc) is 2.40. The lowest BCUT2D eigenvalue weighted by atomic mass is 9.81. The molecule has 23 heavy (non-hydrogen) atoms. The zero-order chi connectivity index (χ0) is 17.6. The van der Waals surface area contributed by atoms with Gasteiger partial charge in [-0.1, -0.05) is 13.8 Å². The summed E-state index contributed by atoms with van der Waals surface area (Å²) in [6.45, 7) is 3.60. The predicted octanol–water partition coefficient (Wildman–Crippen LogP) is 2.59. The summed E-state index contributed by atoms with van der Waals surface area (Å²) in [5.74, 6) is -1.20. The molecule has 130 valence electrons. The first-order valence-electron chi connectivity index (χ1n) is 6.98. The van der Waals surface area contributed by atoms with E-state index in [2.05, 4.69) is 0 Å². The highest BCUT2D eigenvalue weighted by molar-refractivity contribution is 7.89. The number of hydrogen-bond acceptors (Lipinski definition) is 3. The average molecular weight is 354 g/mol. The first-order chi connectivity index (χ1) is 10.4. The number of alkyl halides is 3. The standard InChI is InChI=1S/C14H18F4N2O2S/c1-13(2)8-20(6-5-12(13)19)23(21,22)11-7-9(14(16,17)18)3-4-10(11)15/h3-4,7,12H,5-6,8,19H2,1-2H3. The molecule has 0 aliphatic carbocycles. The van der Waals surface area contributed by atoms with E-state index in [1.165, 1.54) is 0 Å². The predicted molar refractivity (Wildman–Crippen MR) is 76.5 cm³/mol. The van der Waals surface area contributed by atoms with Crippen molar-refractivity contribution in [3.63, 3.8) is 0 Å². The van der Waals surface area contributed by atoms with Crippen LogP contribution in [-0.4, -0.2) is 31.9 Å². The number of benzene rings is 1. The van der Waals surface area contributed by atoms with Gasteiger partial charge in [0.05, 0.1) is 5.56 Å². The van der Waals surface area contributed by atoms with E-state index >= 15 is 0 Å². The minimum Gasteiger partial charge on any atom is -0.327 e. The van der Waals surface area contributed by atoms with Crippen molar-refractivity contribution in [2.75, 3.05) is 13.1 Å². The normalized spacial score (nSPS) is 23.0. The van der Waals surface area contributed by atoms with E-state index in [0.29, 0.717) is 24.6 Å². The highest BCUT2D eigenvalue weighted by atomic mass is 32.2. The van der Waals surface area contributed by atoms with Crippen LogP contribution in [0.15, 0.2) is 23.1 Å². The molecule has 4 nitrogen and oxygen atoms in total. The summed E-state index contributed by atoms with van der Waals surface area (Å²) in [6, 6.07) is 1.15. The van der Waals surface area contributed by atoms with Gasteiger partial charge < -0.3 is 5.73 Å². The molecule has 0 radical (unpaired) electrons. The van der Waals surface area contributed by atoms with E-state index in [-0.39, 0.29) is 19.1 Å². The molecular formula is C14H18F4N2O2S. The van der Waals surface area contributed by atoms with Crippen molar-refractivity contribution in [1.29, 1.82) is 0 Å². The molecule has 2 rings (SSSR count). The summed E-state index contributed by atoms with van der Waals surface area (Å²) in [5.41, 5.74) is 4.17. The molecule has 1 fully saturated rings. The van der Waals surface area contributed by atoms with Gasteiger partial charge in [0.25, 0.3) is 0 Å². The summed E-state index contributed by atoms with van der Waals surface area (Å²) in [5, 5.41) is 0. The van der Waals surface area contributed by atoms with Gasteiger partial charge in [0.15, 0.2) is 0 Å². The number of sulfonamides is 1. The second-order valence-electron chi connectivity index (χ2n) is 6.37. The van der Waals surface area contributed by atoms with Gasteiger partial charge in [0.1, 0.15) is 10.7 Å². The van der Waals surface area contributed by atoms with Crippen LogP contribution in [0.1, 0.15) is 25.8 Å². The van der Waals surface area contributed by atoms with Gasteiger partial charge in [-0.25, -0.2) is 12.8 Å². The molecule has 1 unspecified atom stereocenters. The first kappa shape index (κ1) is 18.2. The molecule has 0 bridgehead atoms. The molecule has 1 aromatic rings. The number of nitrogens with zero attached hydrogens (tertiary/aromatic N) is 1. The summed E-state index contributed by atoms with van der Waals surface area (Å²) >= 11 is 0. The van der Waals surface area contributed by atoms with Crippen molar-refractivity contribution in [3.8, 4) is 0 Å². The monoisotopic (exact) mass is 354 g/mol. The zero-order valence-corrected chi connectivity index (χ0v) is 13.5. The van der Waals surface area contributed by atoms with E-state index < -0.39 is 37.9 Å². The zero-order valence-electron chi connectivity index (χ0n) is 12.7. The minimum absolute atomic E-state index is 0.0200. The minimum atomic E-state index is -4.75. The molecular weight excluding hydrogens is 336 g/mol. The smallest absolute Gasteiger partial charge is 0.327 e. The third-order valence-electron chi connectivity index (χ3n) is 4.15. The Bertz CT molecular complexity index is 701. The number of rotatable bonds is 2. The van der Waals surface area contributed by atoms with Gasteiger partial charge in [0.2, 0.25) is 10.0 Å². The largest absolute Gasteiger partial charge is 0.416 e. The number of piperidine rings is 1. The molecule has 0 saturated carbocycles. The molecule has 9 heteroatoms. The van der Waals surface area contributed by atoms with Crippen molar-refractivity contribution in [1.82, 2.24) is 4.31 Å². The Balaban J connectivity index is 2.44. The third kappa shape index (κ3) is 3.51. The second kappa shape index (κ2) is 5.71. The first-order valence-corrected chi connectivity index (χ1v) is 8.42. The molecule has 1 saturated heterocycles. The van der Waals surface area contributed by atoms with Crippen LogP contribution in [0.4, 0.5) is 17.6 Å². The fourth-order valence-electron chi connectivity index (χ4n) is 2.55. The summed E-state index contributed by atoms with van der Waals surface area (Å²) < 4.78 is 78.3. The Morgan fingerprint density at radius 2 is 1.91 bits per heavy atom. The lowest BCUT2D eigenvalue weighted by molar-refractivity contribution is -0.137. The molecule has 0 aromatic heterocycles. The SMILES string of the molecule is CC1(C)CN(S(=O)(=O)c2cc(C(F)(F)F)ccc2F)CCC1N. The Labute approximate surface area is 132 Å². The van der Waals surface area contributed by atoms with Gasteiger partial charge in [-0.3, -0.25) is 0 Å². The molecule has 0 amide bonds. The van der Waals surface area contributed by atoms with E-state index in [0.717, 1.165) is 4.31 Å². The molecule has 0 spiro atoms. The van der Waals surface area contributed by atoms with Crippen molar-refractivity contribution in [2.24, 2.45) is 11.1 Å². The van der Waals surface area contributed by atoms with E-state index in [1.54, 1.807) is 13.8 Å². The van der Waals surface area contributed by atoms with Crippen LogP contribution in [0.3, 0.4) is 0 Å². The van der Waals surface area contributed by atoms with Crippen LogP contribution < -0.4 is 5.73 Å². The van der Waals surface area contributed by atoms with E-state index in [9.17, 15) is 26.0 Å². The van der Waals surface area contributed by atoms with E-state index in [1.807, 2.05) is 0 Å². The molecule has 1 aromatic carbocycles. The van der Waals surface area contributed by atoms with Crippen LogP contribution in [-0.2, 0) is 16.2 Å². The van der Waals surface area contributed by atoms with Crippen LogP contribution >= 0.6 is 0 Å². The van der Waals surface area contributed by atoms with Gasteiger partial charge in [-0.15, -0.1) is 0 Å². The van der Waals surface area contributed by atoms with E-state index in [4.69, 9.17) is 5.73 Å². The van der Waals surface area contributed by atoms with Crippen molar-refractivity contribution < 1.29 is 26.0 Å². The number of nitrogens with two attached hydrogens (primary N) is 1. The highest BCUT2D eigenvalue weighted by Crippen LogP contribution is 2.35. The van der Waals surface area contributed by atoms with Gasteiger partial charge in [-0.05, 0) is 30.0 Å². The van der Waals surface area contributed by atoms with Crippen LogP contribution in [0.25, 0.3) is 0 Å². The fourth-order valence-corrected chi connectivity index (χ4v) is 4.26. The van der Waals surface area contributed by atoms with Gasteiger partial charge >= 0.3 is 6.18 Å². The van der Waals surface area contributed by atoms with Crippen LogP contribution in [0.5, 0.6) is 0 Å². The topological polar surface area (TPSA) is 63.4 Å². The molecule has 1 heterocycles. The maximum atomic E-state index is 13.9. The molecule has 2 N–H and O–H groups in total. The summed E-state index contributed by atoms with van der Waals surface area (Å²) in [7, 11) is -4.37.